The lowest BCUT2D eigenvalue weighted by atomic mass is 9.81. The Labute approximate surface area is 190 Å². The van der Waals surface area contributed by atoms with Gasteiger partial charge in [0.2, 0.25) is 11.8 Å². The van der Waals surface area contributed by atoms with E-state index in [-0.39, 0.29) is 17.9 Å². The number of hydrogen-bond donors (Lipinski definition) is 0. The van der Waals surface area contributed by atoms with Crippen LogP contribution in [0.4, 0.5) is 0 Å². The molecule has 2 amide bonds. The average molecular weight is 436 g/mol. The van der Waals surface area contributed by atoms with Gasteiger partial charge in [-0.1, -0.05) is 30.3 Å². The summed E-state index contributed by atoms with van der Waals surface area (Å²) in [6.45, 7) is 3.87. The Morgan fingerprint density at radius 3 is 2.53 bits per heavy atom. The number of rotatable bonds is 7. The van der Waals surface area contributed by atoms with Crippen LogP contribution in [0.1, 0.15) is 49.8 Å². The molecule has 1 unspecified atom stereocenters. The molecule has 3 aliphatic rings. The second-order valence-corrected chi connectivity index (χ2v) is 9.48. The smallest absolute Gasteiger partial charge is 0.249 e. The molecule has 3 fully saturated rings. The topological polar surface area (TPSA) is 57.0 Å². The van der Waals surface area contributed by atoms with E-state index in [2.05, 4.69) is 35.2 Å². The molecule has 1 atom stereocenters. The maximum Gasteiger partial charge on any atom is 0.249 e. The predicted molar refractivity (Wildman–Crippen MR) is 122 cm³/mol. The molecule has 32 heavy (non-hydrogen) atoms. The number of aryl methyl sites for hydroxylation is 1. The van der Waals surface area contributed by atoms with Crippen molar-refractivity contribution in [2.24, 2.45) is 0 Å². The van der Waals surface area contributed by atoms with Crippen LogP contribution in [0.5, 0.6) is 0 Å². The van der Waals surface area contributed by atoms with Crippen molar-refractivity contribution < 1.29 is 14.0 Å². The zero-order valence-electron chi connectivity index (χ0n) is 18.7. The molecule has 0 bridgehead atoms. The molecule has 1 aromatic carbocycles. The van der Waals surface area contributed by atoms with Crippen LogP contribution in [0, 0.1) is 0 Å². The van der Waals surface area contributed by atoms with Gasteiger partial charge < -0.3 is 19.1 Å². The van der Waals surface area contributed by atoms with Gasteiger partial charge in [-0.05, 0) is 69.2 Å². The molecule has 1 aromatic heterocycles. The van der Waals surface area contributed by atoms with Gasteiger partial charge in [0.05, 0.1) is 12.8 Å². The van der Waals surface area contributed by atoms with E-state index in [4.69, 9.17) is 4.42 Å². The third-order valence-electron chi connectivity index (χ3n) is 7.59. The summed E-state index contributed by atoms with van der Waals surface area (Å²) in [4.78, 5) is 33.3. The normalized spacial score (nSPS) is 23.2. The van der Waals surface area contributed by atoms with Crippen molar-refractivity contribution in [2.75, 3.05) is 26.2 Å². The summed E-state index contributed by atoms with van der Waals surface area (Å²) in [5, 5.41) is 0. The number of furan rings is 1. The first-order chi connectivity index (χ1) is 15.7. The van der Waals surface area contributed by atoms with E-state index < -0.39 is 5.54 Å². The van der Waals surface area contributed by atoms with Crippen molar-refractivity contribution in [1.29, 1.82) is 0 Å². The molecule has 0 radical (unpaired) electrons. The molecule has 3 aliphatic heterocycles. The maximum atomic E-state index is 13.7. The van der Waals surface area contributed by atoms with Crippen LogP contribution >= 0.6 is 0 Å². The first-order valence-corrected chi connectivity index (χ1v) is 12.1. The zero-order chi connectivity index (χ0) is 22.0. The number of carbonyl (C=O) groups excluding carboxylic acids is 2. The number of carbonyl (C=O) groups is 2. The Balaban J connectivity index is 1.23. The van der Waals surface area contributed by atoms with Crippen molar-refractivity contribution >= 4 is 11.8 Å². The van der Waals surface area contributed by atoms with Gasteiger partial charge in [0.25, 0.3) is 0 Å². The number of piperazine rings is 1. The fourth-order valence-corrected chi connectivity index (χ4v) is 5.77. The minimum absolute atomic E-state index is 0.106. The first kappa shape index (κ1) is 21.3. The maximum absolute atomic E-state index is 13.7. The summed E-state index contributed by atoms with van der Waals surface area (Å²) >= 11 is 0. The Morgan fingerprint density at radius 2 is 1.78 bits per heavy atom. The van der Waals surface area contributed by atoms with E-state index in [0.29, 0.717) is 19.4 Å². The highest BCUT2D eigenvalue weighted by atomic mass is 16.3. The number of piperidine rings is 1. The average Bonchev–Trinajstić information content (AvgIpc) is 3.52. The lowest BCUT2D eigenvalue weighted by Gasteiger charge is -2.53. The quantitative estimate of drug-likeness (QED) is 0.625. The molecule has 6 nitrogen and oxygen atoms in total. The monoisotopic (exact) mass is 435 g/mol. The summed E-state index contributed by atoms with van der Waals surface area (Å²) in [6.07, 6.45) is 8.18. The van der Waals surface area contributed by atoms with E-state index in [9.17, 15) is 9.59 Å². The number of nitrogens with zero attached hydrogens (tertiary/aromatic N) is 3. The number of unbranched alkanes of at least 4 members (excludes halogenated alkanes) is 1. The van der Waals surface area contributed by atoms with Crippen LogP contribution in [0.25, 0.3) is 0 Å². The van der Waals surface area contributed by atoms with Gasteiger partial charge in [-0.15, -0.1) is 0 Å². The van der Waals surface area contributed by atoms with E-state index in [1.165, 1.54) is 12.0 Å². The van der Waals surface area contributed by atoms with Gasteiger partial charge in [0.1, 0.15) is 17.3 Å². The Kier molecular flexibility index (Phi) is 6.05. The molecule has 4 heterocycles. The van der Waals surface area contributed by atoms with E-state index in [1.54, 1.807) is 6.26 Å². The Hall–Kier alpha value is -2.60. The molecular weight excluding hydrogens is 402 g/mol. The highest BCUT2D eigenvalue weighted by Crippen LogP contribution is 2.40. The molecule has 2 aromatic rings. The fraction of sp³-hybridized carbons (Fsp3) is 0.538. The highest BCUT2D eigenvalue weighted by Gasteiger charge is 2.57. The zero-order valence-corrected chi connectivity index (χ0v) is 18.7. The van der Waals surface area contributed by atoms with E-state index >= 15 is 0 Å². The standard InChI is InChI=1S/C26H33N3O3/c30-24-23-12-6-16-28(23)25(31)26(29(24)20-22-11-7-19-32-22)13-17-27(18-14-26)15-5-4-10-21-8-2-1-3-9-21/h1-3,7-9,11,19,23H,4-6,10,12-18,20H2. The van der Waals surface area contributed by atoms with Crippen LogP contribution in [0.15, 0.2) is 53.1 Å². The van der Waals surface area contributed by atoms with Gasteiger partial charge >= 0.3 is 0 Å². The van der Waals surface area contributed by atoms with Crippen LogP contribution in [-0.4, -0.2) is 64.3 Å². The van der Waals surface area contributed by atoms with Crippen molar-refractivity contribution in [1.82, 2.24) is 14.7 Å². The third-order valence-corrected chi connectivity index (χ3v) is 7.59. The SMILES string of the molecule is O=C1C2CCCN2C(=O)C2(CCN(CCCCc3ccccc3)CC2)N1Cc1ccco1. The first-order valence-electron chi connectivity index (χ1n) is 12.1. The highest BCUT2D eigenvalue weighted by molar-refractivity contribution is 6.00. The van der Waals surface area contributed by atoms with Crippen molar-refractivity contribution in [3.8, 4) is 0 Å². The summed E-state index contributed by atoms with van der Waals surface area (Å²) in [5.74, 6) is 1.02. The van der Waals surface area contributed by atoms with Gasteiger partial charge in [0, 0.05) is 19.6 Å². The molecule has 1 spiro atoms. The van der Waals surface area contributed by atoms with Gasteiger partial charge in [-0.3, -0.25) is 9.59 Å². The molecule has 3 saturated heterocycles. The fourth-order valence-electron chi connectivity index (χ4n) is 5.77. The molecule has 0 saturated carbocycles. The predicted octanol–water partition coefficient (Wildman–Crippen LogP) is 3.47. The summed E-state index contributed by atoms with van der Waals surface area (Å²) in [7, 11) is 0. The minimum atomic E-state index is -0.717. The summed E-state index contributed by atoms with van der Waals surface area (Å²) < 4.78 is 5.56. The Morgan fingerprint density at radius 1 is 0.969 bits per heavy atom. The van der Waals surface area contributed by atoms with Crippen molar-refractivity contribution in [3.63, 3.8) is 0 Å². The number of benzene rings is 1. The second kappa shape index (κ2) is 9.10. The molecule has 0 aliphatic carbocycles. The van der Waals surface area contributed by atoms with Crippen LogP contribution in [0.2, 0.25) is 0 Å². The Bertz CT molecular complexity index is 919. The number of amides is 2. The van der Waals surface area contributed by atoms with Crippen molar-refractivity contribution in [2.45, 2.75) is 63.1 Å². The van der Waals surface area contributed by atoms with Gasteiger partial charge in [0.15, 0.2) is 0 Å². The van der Waals surface area contributed by atoms with Crippen LogP contribution in [-0.2, 0) is 22.6 Å². The third kappa shape index (κ3) is 3.96. The van der Waals surface area contributed by atoms with Gasteiger partial charge in [-0.25, -0.2) is 0 Å². The molecule has 5 rings (SSSR count). The second-order valence-electron chi connectivity index (χ2n) is 9.48. The largest absolute Gasteiger partial charge is 0.467 e. The van der Waals surface area contributed by atoms with E-state index in [1.807, 2.05) is 21.9 Å². The van der Waals surface area contributed by atoms with Crippen LogP contribution < -0.4 is 0 Å². The molecule has 170 valence electrons. The van der Waals surface area contributed by atoms with Gasteiger partial charge in [-0.2, -0.15) is 0 Å². The minimum Gasteiger partial charge on any atom is -0.467 e. The van der Waals surface area contributed by atoms with Crippen molar-refractivity contribution in [3.05, 3.63) is 60.1 Å². The molecular formula is C26H33N3O3. The number of likely N-dealkylation sites (tertiary alicyclic amines) is 1. The summed E-state index contributed by atoms with van der Waals surface area (Å²) in [6, 6.07) is 14.1. The van der Waals surface area contributed by atoms with E-state index in [0.717, 1.165) is 57.6 Å². The molecule has 0 N–H and O–H groups in total. The number of fused-ring (bicyclic) bond motifs is 1. The van der Waals surface area contributed by atoms with Crippen LogP contribution in [0.3, 0.4) is 0 Å². The number of hydrogen-bond acceptors (Lipinski definition) is 4. The molecule has 6 heteroatoms. The summed E-state index contributed by atoms with van der Waals surface area (Å²) in [5.41, 5.74) is 0.677. The lowest BCUT2D eigenvalue weighted by molar-refractivity contribution is -0.173. The lowest BCUT2D eigenvalue weighted by Crippen LogP contribution is -2.72.